The van der Waals surface area contributed by atoms with Crippen LogP contribution in [-0.2, 0) is 0 Å². The molecule has 2 nitrogen and oxygen atoms in total. The number of rotatable bonds is 0. The number of aromatic nitrogens is 1. The molecule has 0 fully saturated rings. The fourth-order valence-electron chi connectivity index (χ4n) is 0.743. The standard InChI is InChI=1S/C7H4NO/c1-2-6-4-9-5-7(6)8-3-1/h1,3-5H. The lowest BCUT2D eigenvalue weighted by atomic mass is 10.3. The first-order chi connectivity index (χ1) is 4.47. The first kappa shape index (κ1) is 4.56. The van der Waals surface area contributed by atoms with Gasteiger partial charge < -0.3 is 4.42 Å². The largest absolute Gasteiger partial charge is 0.470 e. The third kappa shape index (κ3) is 0.598. The van der Waals surface area contributed by atoms with Crippen molar-refractivity contribution in [2.45, 2.75) is 0 Å². The fraction of sp³-hybridized carbons (Fsp3) is 0. The highest BCUT2D eigenvalue weighted by atomic mass is 16.3. The molecule has 0 atom stereocenters. The molecule has 2 aromatic heterocycles. The van der Waals surface area contributed by atoms with Gasteiger partial charge >= 0.3 is 0 Å². The molecule has 1 radical (unpaired) electrons. The first-order valence-electron chi connectivity index (χ1n) is 2.65. The summed E-state index contributed by atoms with van der Waals surface area (Å²) in [5.74, 6) is 0. The van der Waals surface area contributed by atoms with Crippen LogP contribution in [0.1, 0.15) is 0 Å². The molecule has 2 rings (SSSR count). The van der Waals surface area contributed by atoms with E-state index in [2.05, 4.69) is 11.1 Å². The monoisotopic (exact) mass is 118 g/mol. The number of furan rings is 1. The van der Waals surface area contributed by atoms with Crippen LogP contribution in [0.25, 0.3) is 10.9 Å². The molecule has 0 saturated heterocycles. The Morgan fingerprint density at radius 1 is 1.44 bits per heavy atom. The van der Waals surface area contributed by atoms with E-state index in [1.807, 2.05) is 0 Å². The first-order valence-corrected chi connectivity index (χ1v) is 2.65. The van der Waals surface area contributed by atoms with E-state index in [4.69, 9.17) is 4.42 Å². The minimum absolute atomic E-state index is 0.859. The van der Waals surface area contributed by atoms with Crippen molar-refractivity contribution in [2.24, 2.45) is 0 Å². The maximum Gasteiger partial charge on any atom is 0.117 e. The van der Waals surface area contributed by atoms with E-state index in [0.717, 1.165) is 10.9 Å². The Balaban J connectivity index is 2.95. The molecule has 0 bridgehead atoms. The molecular weight excluding hydrogens is 114 g/mol. The van der Waals surface area contributed by atoms with Crippen LogP contribution in [0.15, 0.2) is 29.2 Å². The normalized spacial score (nSPS) is 10.2. The molecule has 0 aromatic carbocycles. The molecule has 9 heavy (non-hydrogen) atoms. The van der Waals surface area contributed by atoms with Gasteiger partial charge in [-0.2, -0.15) is 0 Å². The average Bonchev–Trinajstić information content (AvgIpc) is 2.33. The van der Waals surface area contributed by atoms with Crippen LogP contribution in [0, 0.1) is 6.07 Å². The molecule has 43 valence electrons. The summed E-state index contributed by atoms with van der Waals surface area (Å²) in [6.45, 7) is 0. The molecule has 0 amide bonds. The quantitative estimate of drug-likeness (QED) is 0.525. The Hall–Kier alpha value is -1.31. The molecule has 0 spiro atoms. The van der Waals surface area contributed by atoms with Gasteiger partial charge in [-0.15, -0.1) is 0 Å². The third-order valence-electron chi connectivity index (χ3n) is 1.17. The molecule has 2 aromatic rings. The molecule has 2 heterocycles. The summed E-state index contributed by atoms with van der Waals surface area (Å²) < 4.78 is 4.87. The van der Waals surface area contributed by atoms with E-state index in [1.54, 1.807) is 24.8 Å². The van der Waals surface area contributed by atoms with Gasteiger partial charge in [-0.1, -0.05) is 0 Å². The van der Waals surface area contributed by atoms with Crippen molar-refractivity contribution in [3.8, 4) is 0 Å². The summed E-state index contributed by atoms with van der Waals surface area (Å²) in [7, 11) is 0. The number of pyridine rings is 1. The summed E-state index contributed by atoms with van der Waals surface area (Å²) in [4.78, 5) is 4.02. The van der Waals surface area contributed by atoms with Gasteiger partial charge in [-0.25, -0.2) is 0 Å². The van der Waals surface area contributed by atoms with Crippen molar-refractivity contribution in [2.75, 3.05) is 0 Å². The predicted molar refractivity (Wildman–Crippen MR) is 32.8 cm³/mol. The summed E-state index contributed by atoms with van der Waals surface area (Å²) in [6.07, 6.45) is 4.92. The van der Waals surface area contributed by atoms with Gasteiger partial charge in [0, 0.05) is 11.6 Å². The van der Waals surface area contributed by atoms with Crippen LogP contribution in [0.4, 0.5) is 0 Å². The number of hydrogen-bond donors (Lipinski definition) is 0. The van der Waals surface area contributed by atoms with E-state index in [-0.39, 0.29) is 0 Å². The zero-order chi connectivity index (χ0) is 6.10. The molecule has 0 N–H and O–H groups in total. The number of nitrogens with zero attached hydrogens (tertiary/aromatic N) is 1. The molecule has 0 aliphatic carbocycles. The van der Waals surface area contributed by atoms with Crippen molar-refractivity contribution in [3.05, 3.63) is 30.9 Å². The Kier molecular flexibility index (Phi) is 0.803. The predicted octanol–water partition coefficient (Wildman–Crippen LogP) is 1.63. The van der Waals surface area contributed by atoms with Gasteiger partial charge in [0.25, 0.3) is 0 Å². The highest BCUT2D eigenvalue weighted by molar-refractivity contribution is 5.75. The van der Waals surface area contributed by atoms with Gasteiger partial charge in [-0.3, -0.25) is 4.98 Å². The average molecular weight is 118 g/mol. The van der Waals surface area contributed by atoms with Crippen molar-refractivity contribution in [3.63, 3.8) is 0 Å². The van der Waals surface area contributed by atoms with Crippen LogP contribution in [0.5, 0.6) is 0 Å². The molecule has 0 aliphatic rings. The molecule has 0 saturated carbocycles. The lowest BCUT2D eigenvalue weighted by Gasteiger charge is -1.79. The maximum absolute atomic E-state index is 4.87. The minimum Gasteiger partial charge on any atom is -0.470 e. The SMILES string of the molecule is [c]1ccnc2cocc12. The van der Waals surface area contributed by atoms with Crippen LogP contribution in [0.2, 0.25) is 0 Å². The third-order valence-corrected chi connectivity index (χ3v) is 1.17. The van der Waals surface area contributed by atoms with E-state index in [0.29, 0.717) is 0 Å². The summed E-state index contributed by atoms with van der Waals surface area (Å²) in [5.41, 5.74) is 0.859. The minimum atomic E-state index is 0.859. The lowest BCUT2D eigenvalue weighted by molar-refractivity contribution is 0.572. The Labute approximate surface area is 52.1 Å². The zero-order valence-corrected chi connectivity index (χ0v) is 4.66. The van der Waals surface area contributed by atoms with Gasteiger partial charge in [0.15, 0.2) is 0 Å². The fourth-order valence-corrected chi connectivity index (χ4v) is 0.743. The Morgan fingerprint density at radius 3 is 3.33 bits per heavy atom. The summed E-state index contributed by atoms with van der Waals surface area (Å²) >= 11 is 0. The van der Waals surface area contributed by atoms with Gasteiger partial charge in [-0.05, 0) is 12.1 Å². The molecular formula is C7H4NO. The molecule has 2 heteroatoms. The van der Waals surface area contributed by atoms with Crippen molar-refractivity contribution >= 4 is 10.9 Å². The van der Waals surface area contributed by atoms with E-state index in [9.17, 15) is 0 Å². The second kappa shape index (κ2) is 1.58. The Morgan fingerprint density at radius 2 is 2.44 bits per heavy atom. The number of fused-ring (bicyclic) bond motifs is 1. The van der Waals surface area contributed by atoms with E-state index in [1.165, 1.54) is 0 Å². The highest BCUT2D eigenvalue weighted by Gasteiger charge is 1.91. The smallest absolute Gasteiger partial charge is 0.117 e. The van der Waals surface area contributed by atoms with Crippen molar-refractivity contribution in [1.82, 2.24) is 4.98 Å². The molecule has 0 unspecified atom stereocenters. The van der Waals surface area contributed by atoms with Crippen molar-refractivity contribution < 1.29 is 4.42 Å². The van der Waals surface area contributed by atoms with Crippen LogP contribution in [-0.4, -0.2) is 4.98 Å². The lowest BCUT2D eigenvalue weighted by Crippen LogP contribution is -1.67. The van der Waals surface area contributed by atoms with Crippen molar-refractivity contribution in [1.29, 1.82) is 0 Å². The topological polar surface area (TPSA) is 26.0 Å². The maximum atomic E-state index is 4.87. The second-order valence-corrected chi connectivity index (χ2v) is 1.76. The van der Waals surface area contributed by atoms with Gasteiger partial charge in [0.05, 0.1) is 0 Å². The van der Waals surface area contributed by atoms with Crippen LogP contribution in [0.3, 0.4) is 0 Å². The van der Waals surface area contributed by atoms with Gasteiger partial charge in [0.1, 0.15) is 18.0 Å². The molecule has 0 aliphatic heterocycles. The van der Waals surface area contributed by atoms with Gasteiger partial charge in [0.2, 0.25) is 0 Å². The van der Waals surface area contributed by atoms with E-state index < -0.39 is 0 Å². The second-order valence-electron chi connectivity index (χ2n) is 1.76. The highest BCUT2D eigenvalue weighted by Crippen LogP contribution is 2.08. The van der Waals surface area contributed by atoms with Crippen LogP contribution >= 0.6 is 0 Å². The van der Waals surface area contributed by atoms with Crippen LogP contribution < -0.4 is 0 Å². The Bertz CT molecular complexity index is 283. The van der Waals surface area contributed by atoms with E-state index >= 15 is 0 Å². The number of hydrogen-bond acceptors (Lipinski definition) is 2. The zero-order valence-electron chi connectivity index (χ0n) is 4.66. The summed E-state index contributed by atoms with van der Waals surface area (Å²) in [5, 5.41) is 0.928. The summed E-state index contributed by atoms with van der Waals surface area (Å²) in [6, 6.07) is 4.74.